The molecule has 1 heterocycles. The van der Waals surface area contributed by atoms with Crippen LogP contribution in [-0.2, 0) is 4.74 Å². The van der Waals surface area contributed by atoms with Crippen LogP contribution in [0.3, 0.4) is 0 Å². The van der Waals surface area contributed by atoms with Gasteiger partial charge in [-0.1, -0.05) is 0 Å². The maximum absolute atomic E-state index is 11.4. The molecule has 0 unspecified atom stereocenters. The molecule has 1 amide bonds. The lowest BCUT2D eigenvalue weighted by molar-refractivity contribution is 0.0810. The molecule has 0 aliphatic heterocycles. The molecule has 0 radical (unpaired) electrons. The normalized spacial score (nSPS) is 11.4. The molecule has 7 nitrogen and oxygen atoms in total. The van der Waals surface area contributed by atoms with Crippen LogP contribution in [0.1, 0.15) is 24.5 Å². The van der Waals surface area contributed by atoms with E-state index in [1.54, 1.807) is 7.11 Å². The number of H-pyrrole nitrogens is 1. The van der Waals surface area contributed by atoms with Crippen LogP contribution in [-0.4, -0.2) is 45.8 Å². The quantitative estimate of drug-likeness (QED) is 0.672. The molecule has 0 aromatic carbocycles. The zero-order chi connectivity index (χ0) is 10.6. The first kappa shape index (κ1) is 10.6. The fourth-order valence-electron chi connectivity index (χ4n) is 1.02. The van der Waals surface area contributed by atoms with E-state index < -0.39 is 5.54 Å². The van der Waals surface area contributed by atoms with E-state index in [9.17, 15) is 4.79 Å². The van der Waals surface area contributed by atoms with E-state index in [1.165, 1.54) is 0 Å². The molecule has 0 saturated carbocycles. The van der Waals surface area contributed by atoms with Crippen molar-refractivity contribution in [1.82, 2.24) is 25.9 Å². The molecule has 0 fully saturated rings. The minimum absolute atomic E-state index is 0.0224. The molecule has 1 rings (SSSR count). The van der Waals surface area contributed by atoms with Gasteiger partial charge in [0.15, 0.2) is 0 Å². The lowest BCUT2D eigenvalue weighted by atomic mass is 10.1. The number of rotatable bonds is 4. The largest absolute Gasteiger partial charge is 0.382 e. The molecule has 1 aromatic heterocycles. The number of tetrazole rings is 1. The number of nitrogens with one attached hydrogen (secondary N) is 2. The number of amides is 1. The summed E-state index contributed by atoms with van der Waals surface area (Å²) < 4.78 is 4.95. The Labute approximate surface area is 81.2 Å². The van der Waals surface area contributed by atoms with Gasteiger partial charge in [0.2, 0.25) is 0 Å². The predicted molar refractivity (Wildman–Crippen MR) is 47.6 cm³/mol. The monoisotopic (exact) mass is 199 g/mol. The Morgan fingerprint density at radius 2 is 2.36 bits per heavy atom. The van der Waals surface area contributed by atoms with Crippen molar-refractivity contribution in [2.45, 2.75) is 19.4 Å². The summed E-state index contributed by atoms with van der Waals surface area (Å²) in [5.74, 6) is -0.352. The van der Waals surface area contributed by atoms with E-state index in [4.69, 9.17) is 4.74 Å². The number of nitrogens with zero attached hydrogens (tertiary/aromatic N) is 3. The van der Waals surface area contributed by atoms with Crippen molar-refractivity contribution in [3.8, 4) is 0 Å². The van der Waals surface area contributed by atoms with E-state index in [-0.39, 0.29) is 11.7 Å². The summed E-state index contributed by atoms with van der Waals surface area (Å²) in [6.07, 6.45) is 0. The minimum atomic E-state index is -0.452. The van der Waals surface area contributed by atoms with Crippen LogP contribution in [0.25, 0.3) is 0 Å². The average Bonchev–Trinajstić information content (AvgIpc) is 2.53. The van der Waals surface area contributed by atoms with Crippen LogP contribution in [0.15, 0.2) is 0 Å². The second kappa shape index (κ2) is 4.14. The highest BCUT2D eigenvalue weighted by atomic mass is 16.5. The lowest BCUT2D eigenvalue weighted by Crippen LogP contribution is -2.47. The van der Waals surface area contributed by atoms with Crippen molar-refractivity contribution >= 4 is 5.91 Å². The Balaban J connectivity index is 2.57. The Morgan fingerprint density at radius 1 is 1.64 bits per heavy atom. The number of aromatic nitrogens is 4. The third-order valence-electron chi connectivity index (χ3n) is 1.51. The molecule has 7 heteroatoms. The molecule has 1 aromatic rings. The Hall–Kier alpha value is -1.50. The van der Waals surface area contributed by atoms with Crippen LogP contribution in [0.5, 0.6) is 0 Å². The van der Waals surface area contributed by atoms with E-state index in [1.807, 2.05) is 13.8 Å². The summed E-state index contributed by atoms with van der Waals surface area (Å²) in [5.41, 5.74) is -0.452. The Morgan fingerprint density at radius 3 is 2.86 bits per heavy atom. The first-order valence-electron chi connectivity index (χ1n) is 4.10. The summed E-state index contributed by atoms with van der Waals surface area (Å²) in [5, 5.41) is 15.3. The van der Waals surface area contributed by atoms with E-state index >= 15 is 0 Å². The van der Waals surface area contributed by atoms with E-state index in [0.717, 1.165) is 0 Å². The van der Waals surface area contributed by atoms with Crippen LogP contribution < -0.4 is 5.32 Å². The number of methoxy groups -OCH3 is 1. The molecule has 0 atom stereocenters. The first-order chi connectivity index (χ1) is 6.55. The van der Waals surface area contributed by atoms with Crippen molar-refractivity contribution < 1.29 is 9.53 Å². The molecular formula is C7H13N5O2. The standard InChI is InChI=1S/C7H13N5O2/c1-7(2,4-14-3)8-6(13)5-9-11-12-10-5/h4H2,1-3H3,(H,8,13)(H,9,10,11,12). The van der Waals surface area contributed by atoms with Gasteiger partial charge in [-0.25, -0.2) is 0 Å². The number of hydrogen-bond acceptors (Lipinski definition) is 5. The van der Waals surface area contributed by atoms with Crippen molar-refractivity contribution in [2.75, 3.05) is 13.7 Å². The van der Waals surface area contributed by atoms with Crippen LogP contribution in [0.4, 0.5) is 0 Å². The van der Waals surface area contributed by atoms with Crippen LogP contribution in [0.2, 0.25) is 0 Å². The maximum Gasteiger partial charge on any atom is 0.293 e. The highest BCUT2D eigenvalue weighted by Crippen LogP contribution is 2.02. The third kappa shape index (κ3) is 2.77. The molecule has 0 aliphatic rings. The van der Waals surface area contributed by atoms with Crippen molar-refractivity contribution in [1.29, 1.82) is 0 Å². The maximum atomic E-state index is 11.4. The Kier molecular flexibility index (Phi) is 3.13. The number of aromatic amines is 1. The van der Waals surface area contributed by atoms with Gasteiger partial charge in [-0.05, 0) is 19.1 Å². The fourth-order valence-corrected chi connectivity index (χ4v) is 1.02. The summed E-state index contributed by atoms with van der Waals surface area (Å²) in [7, 11) is 1.57. The van der Waals surface area contributed by atoms with Crippen molar-refractivity contribution in [3.05, 3.63) is 5.82 Å². The molecule has 14 heavy (non-hydrogen) atoms. The topological polar surface area (TPSA) is 92.8 Å². The minimum Gasteiger partial charge on any atom is -0.382 e. The number of carbonyl (C=O) groups is 1. The van der Waals surface area contributed by atoms with Crippen LogP contribution >= 0.6 is 0 Å². The van der Waals surface area contributed by atoms with Gasteiger partial charge in [-0.3, -0.25) is 4.79 Å². The average molecular weight is 199 g/mol. The van der Waals surface area contributed by atoms with Gasteiger partial charge >= 0.3 is 0 Å². The summed E-state index contributed by atoms with van der Waals surface area (Å²) in [6.45, 7) is 4.10. The highest BCUT2D eigenvalue weighted by Gasteiger charge is 2.22. The fraction of sp³-hybridized carbons (Fsp3) is 0.714. The number of hydrogen-bond donors (Lipinski definition) is 2. The number of ether oxygens (including phenoxy) is 1. The molecule has 0 aliphatic carbocycles. The van der Waals surface area contributed by atoms with Crippen LogP contribution in [0, 0.1) is 0 Å². The summed E-state index contributed by atoms with van der Waals surface area (Å²) in [6, 6.07) is 0. The van der Waals surface area contributed by atoms with Crippen molar-refractivity contribution in [3.63, 3.8) is 0 Å². The molecule has 0 saturated heterocycles. The smallest absolute Gasteiger partial charge is 0.293 e. The van der Waals surface area contributed by atoms with Gasteiger partial charge in [0.25, 0.3) is 11.7 Å². The lowest BCUT2D eigenvalue weighted by Gasteiger charge is -2.24. The molecule has 0 spiro atoms. The molecule has 2 N–H and O–H groups in total. The zero-order valence-electron chi connectivity index (χ0n) is 8.37. The SMILES string of the molecule is COCC(C)(C)NC(=O)c1nn[nH]n1. The summed E-state index contributed by atoms with van der Waals surface area (Å²) >= 11 is 0. The third-order valence-corrected chi connectivity index (χ3v) is 1.51. The van der Waals surface area contributed by atoms with Gasteiger partial charge < -0.3 is 10.1 Å². The molecular weight excluding hydrogens is 186 g/mol. The highest BCUT2D eigenvalue weighted by molar-refractivity contribution is 5.90. The molecule has 78 valence electrons. The van der Waals surface area contributed by atoms with E-state index in [0.29, 0.717) is 6.61 Å². The summed E-state index contributed by atoms with van der Waals surface area (Å²) in [4.78, 5) is 11.4. The van der Waals surface area contributed by atoms with E-state index in [2.05, 4.69) is 25.9 Å². The van der Waals surface area contributed by atoms with Crippen molar-refractivity contribution in [2.24, 2.45) is 0 Å². The molecule has 0 bridgehead atoms. The van der Waals surface area contributed by atoms with Gasteiger partial charge in [-0.2, -0.15) is 5.21 Å². The zero-order valence-corrected chi connectivity index (χ0v) is 8.37. The second-order valence-corrected chi connectivity index (χ2v) is 3.51. The van der Waals surface area contributed by atoms with Gasteiger partial charge in [-0.15, -0.1) is 10.2 Å². The first-order valence-corrected chi connectivity index (χ1v) is 4.10. The van der Waals surface area contributed by atoms with Gasteiger partial charge in [0, 0.05) is 7.11 Å². The second-order valence-electron chi connectivity index (χ2n) is 3.51. The Bertz CT molecular complexity index is 295. The number of carbonyl (C=O) groups excluding carboxylic acids is 1. The van der Waals surface area contributed by atoms with Gasteiger partial charge in [0.05, 0.1) is 12.1 Å². The predicted octanol–water partition coefficient (Wildman–Crippen LogP) is -0.646. The van der Waals surface area contributed by atoms with Gasteiger partial charge in [0.1, 0.15) is 0 Å².